The van der Waals surface area contributed by atoms with Crippen LogP contribution in [0.5, 0.6) is 11.5 Å². The summed E-state index contributed by atoms with van der Waals surface area (Å²) in [5.41, 5.74) is 4.80. The summed E-state index contributed by atoms with van der Waals surface area (Å²) in [5.74, 6) is 0.898. The number of nitrogens with one attached hydrogen (secondary N) is 2. The van der Waals surface area contributed by atoms with Crippen molar-refractivity contribution in [2.75, 3.05) is 24.4 Å². The van der Waals surface area contributed by atoms with Gasteiger partial charge < -0.3 is 20.1 Å². The lowest BCUT2D eigenvalue weighted by Crippen LogP contribution is -2.48. The number of hydrogen-bond acceptors (Lipinski definition) is 4. The van der Waals surface area contributed by atoms with Gasteiger partial charge in [0.15, 0.2) is 5.11 Å². The van der Waals surface area contributed by atoms with Gasteiger partial charge in [-0.05, 0) is 55.9 Å². The highest BCUT2D eigenvalue weighted by Crippen LogP contribution is 2.36. The molecule has 3 aromatic carbocycles. The lowest BCUT2D eigenvalue weighted by Gasteiger charge is -2.38. The maximum Gasteiger partial charge on any atom is 0.255 e. The first-order chi connectivity index (χ1) is 16.4. The van der Waals surface area contributed by atoms with Gasteiger partial charge in [-0.3, -0.25) is 9.69 Å². The van der Waals surface area contributed by atoms with Crippen molar-refractivity contribution in [2.45, 2.75) is 19.9 Å². The summed E-state index contributed by atoms with van der Waals surface area (Å²) in [6.07, 6.45) is 0. The Morgan fingerprint density at radius 3 is 2.32 bits per heavy atom. The van der Waals surface area contributed by atoms with E-state index < -0.39 is 6.04 Å². The topological polar surface area (TPSA) is 62.8 Å². The maximum atomic E-state index is 13.8. The number of thiocarbonyl (C=S) groups is 1. The highest BCUT2D eigenvalue weighted by Gasteiger charge is 2.34. The second-order valence-electron chi connectivity index (χ2n) is 7.98. The molecule has 174 valence electrons. The van der Waals surface area contributed by atoms with Crippen LogP contribution < -0.4 is 25.0 Å². The predicted octanol–water partition coefficient (Wildman–Crippen LogP) is 5.36. The van der Waals surface area contributed by atoms with Gasteiger partial charge in [-0.1, -0.05) is 48.0 Å². The van der Waals surface area contributed by atoms with Gasteiger partial charge in [-0.15, -0.1) is 0 Å². The van der Waals surface area contributed by atoms with Crippen molar-refractivity contribution in [3.8, 4) is 11.5 Å². The highest BCUT2D eigenvalue weighted by atomic mass is 32.1. The third kappa shape index (κ3) is 4.61. The Bertz CT molecular complexity index is 1240. The summed E-state index contributed by atoms with van der Waals surface area (Å²) < 4.78 is 10.8. The standard InChI is InChI=1S/C27H27N3O3S/c1-17-10-12-19(13-11-17)25-24(18(2)30(27(34)29-25)20-8-6-5-7-9-20)26(31)28-22-16-21(32-3)14-15-23(22)33-4/h5-16,25H,1-4H3,(H,28,31)(H,29,34). The molecule has 0 spiro atoms. The molecule has 1 amide bonds. The van der Waals surface area contributed by atoms with Crippen molar-refractivity contribution in [3.05, 3.63) is 95.2 Å². The molecule has 7 heteroatoms. The van der Waals surface area contributed by atoms with E-state index in [1.165, 1.54) is 0 Å². The molecule has 0 bridgehead atoms. The van der Waals surface area contributed by atoms with Crippen LogP contribution in [-0.2, 0) is 4.79 Å². The van der Waals surface area contributed by atoms with Crippen LogP contribution >= 0.6 is 12.2 Å². The van der Waals surface area contributed by atoms with Crippen molar-refractivity contribution in [1.82, 2.24) is 5.32 Å². The molecular weight excluding hydrogens is 446 g/mol. The lowest BCUT2D eigenvalue weighted by atomic mass is 9.93. The Hall–Kier alpha value is -3.84. The normalized spacial score (nSPS) is 15.6. The lowest BCUT2D eigenvalue weighted by molar-refractivity contribution is -0.113. The zero-order valence-electron chi connectivity index (χ0n) is 19.6. The second-order valence-corrected chi connectivity index (χ2v) is 8.37. The van der Waals surface area contributed by atoms with Gasteiger partial charge in [0.25, 0.3) is 5.91 Å². The average Bonchev–Trinajstić information content (AvgIpc) is 2.84. The maximum absolute atomic E-state index is 13.8. The molecule has 1 atom stereocenters. The van der Waals surface area contributed by atoms with E-state index in [9.17, 15) is 4.79 Å². The van der Waals surface area contributed by atoms with Crippen LogP contribution in [0.1, 0.15) is 24.1 Å². The van der Waals surface area contributed by atoms with Crippen molar-refractivity contribution in [3.63, 3.8) is 0 Å². The number of nitrogens with zero attached hydrogens (tertiary/aromatic N) is 1. The number of ether oxygens (including phenoxy) is 2. The summed E-state index contributed by atoms with van der Waals surface area (Å²) in [7, 11) is 3.14. The number of hydrogen-bond donors (Lipinski definition) is 2. The van der Waals surface area contributed by atoms with E-state index in [4.69, 9.17) is 21.7 Å². The number of carbonyl (C=O) groups excluding carboxylic acids is 1. The van der Waals surface area contributed by atoms with Gasteiger partial charge in [0.05, 0.1) is 31.5 Å². The molecule has 1 heterocycles. The molecule has 1 aliphatic rings. The molecular formula is C27H27N3O3S. The fraction of sp³-hybridized carbons (Fsp3) is 0.185. The molecule has 0 aromatic heterocycles. The number of para-hydroxylation sites is 1. The minimum atomic E-state index is -0.412. The summed E-state index contributed by atoms with van der Waals surface area (Å²) >= 11 is 5.74. The van der Waals surface area contributed by atoms with Crippen molar-refractivity contribution < 1.29 is 14.3 Å². The number of allylic oxidation sites excluding steroid dienone is 1. The molecule has 34 heavy (non-hydrogen) atoms. The number of benzene rings is 3. The van der Waals surface area contributed by atoms with E-state index in [0.717, 1.165) is 22.5 Å². The van der Waals surface area contributed by atoms with Crippen LogP contribution in [0, 0.1) is 6.92 Å². The van der Waals surface area contributed by atoms with E-state index in [1.807, 2.05) is 73.3 Å². The molecule has 1 aliphatic heterocycles. The Labute approximate surface area is 205 Å². The number of carbonyl (C=O) groups is 1. The van der Waals surface area contributed by atoms with Crippen LogP contribution in [0.3, 0.4) is 0 Å². The summed E-state index contributed by atoms with van der Waals surface area (Å²) in [4.78, 5) is 15.7. The molecule has 6 nitrogen and oxygen atoms in total. The fourth-order valence-electron chi connectivity index (χ4n) is 4.04. The first-order valence-electron chi connectivity index (χ1n) is 10.9. The van der Waals surface area contributed by atoms with Crippen LogP contribution in [0.4, 0.5) is 11.4 Å². The van der Waals surface area contributed by atoms with Gasteiger partial charge >= 0.3 is 0 Å². The van der Waals surface area contributed by atoms with E-state index in [1.54, 1.807) is 32.4 Å². The largest absolute Gasteiger partial charge is 0.497 e. The van der Waals surface area contributed by atoms with Crippen molar-refractivity contribution in [2.24, 2.45) is 0 Å². The smallest absolute Gasteiger partial charge is 0.255 e. The minimum Gasteiger partial charge on any atom is -0.497 e. The number of aryl methyl sites for hydroxylation is 1. The number of rotatable bonds is 6. The third-order valence-corrected chi connectivity index (χ3v) is 6.11. The predicted molar refractivity (Wildman–Crippen MR) is 139 cm³/mol. The van der Waals surface area contributed by atoms with Crippen LogP contribution in [0.2, 0.25) is 0 Å². The van der Waals surface area contributed by atoms with Gasteiger partial charge in [0, 0.05) is 17.5 Å². The van der Waals surface area contributed by atoms with Gasteiger partial charge in [0.2, 0.25) is 0 Å². The van der Waals surface area contributed by atoms with Crippen molar-refractivity contribution >= 4 is 34.6 Å². The monoisotopic (exact) mass is 473 g/mol. The molecule has 0 radical (unpaired) electrons. The Morgan fingerprint density at radius 2 is 1.68 bits per heavy atom. The Morgan fingerprint density at radius 1 is 0.971 bits per heavy atom. The molecule has 0 saturated heterocycles. The fourth-order valence-corrected chi connectivity index (χ4v) is 4.40. The zero-order valence-corrected chi connectivity index (χ0v) is 20.4. The van der Waals surface area contributed by atoms with Gasteiger partial charge in [0.1, 0.15) is 11.5 Å². The molecule has 0 aliphatic carbocycles. The molecule has 2 N–H and O–H groups in total. The number of methoxy groups -OCH3 is 2. The van der Waals surface area contributed by atoms with Crippen LogP contribution in [0.25, 0.3) is 0 Å². The number of amides is 1. The molecule has 1 unspecified atom stereocenters. The summed E-state index contributed by atoms with van der Waals surface area (Å²) in [6, 6.07) is 22.7. The summed E-state index contributed by atoms with van der Waals surface area (Å²) in [6.45, 7) is 3.95. The highest BCUT2D eigenvalue weighted by molar-refractivity contribution is 7.80. The minimum absolute atomic E-state index is 0.259. The first-order valence-corrected chi connectivity index (χ1v) is 11.3. The van der Waals surface area contributed by atoms with E-state index >= 15 is 0 Å². The van der Waals surface area contributed by atoms with Gasteiger partial charge in [-0.25, -0.2) is 0 Å². The quantitative estimate of drug-likeness (QED) is 0.470. The van der Waals surface area contributed by atoms with E-state index in [0.29, 0.717) is 27.9 Å². The van der Waals surface area contributed by atoms with E-state index in [-0.39, 0.29) is 5.91 Å². The van der Waals surface area contributed by atoms with Gasteiger partial charge in [-0.2, -0.15) is 0 Å². The Kier molecular flexibility index (Phi) is 6.84. The molecule has 4 rings (SSSR count). The SMILES string of the molecule is COc1ccc(OC)c(NC(=O)C2=C(C)N(c3ccccc3)C(=S)NC2c2ccc(C)cc2)c1. The van der Waals surface area contributed by atoms with Crippen LogP contribution in [-0.4, -0.2) is 25.2 Å². The third-order valence-electron chi connectivity index (χ3n) is 5.81. The second kappa shape index (κ2) is 9.97. The first kappa shape index (κ1) is 23.3. The molecule has 0 fully saturated rings. The van der Waals surface area contributed by atoms with E-state index in [2.05, 4.69) is 10.6 Å². The zero-order chi connectivity index (χ0) is 24.2. The molecule has 0 saturated carbocycles. The molecule has 3 aromatic rings. The Balaban J connectivity index is 1.81. The number of anilines is 2. The average molecular weight is 474 g/mol. The summed E-state index contributed by atoms with van der Waals surface area (Å²) in [5, 5.41) is 6.94. The van der Waals surface area contributed by atoms with Crippen LogP contribution in [0.15, 0.2) is 84.1 Å². The van der Waals surface area contributed by atoms with Crippen molar-refractivity contribution in [1.29, 1.82) is 0 Å².